The van der Waals surface area contributed by atoms with Crippen molar-refractivity contribution in [2.75, 3.05) is 25.6 Å². The van der Waals surface area contributed by atoms with Crippen LogP contribution in [-0.4, -0.2) is 97.7 Å². The van der Waals surface area contributed by atoms with Crippen LogP contribution in [0.15, 0.2) is 11.6 Å². The van der Waals surface area contributed by atoms with E-state index < -0.39 is 41.9 Å². The molecule has 10 nitrogen and oxygen atoms in total. The summed E-state index contributed by atoms with van der Waals surface area (Å²) in [6.07, 6.45) is 9.60. The zero-order chi connectivity index (χ0) is 39.6. The highest BCUT2D eigenvalue weighted by molar-refractivity contribution is 8.01. The molecule has 4 heterocycles. The maximum atomic E-state index is 13.1. The van der Waals surface area contributed by atoms with Gasteiger partial charge in [0.15, 0.2) is 25.0 Å². The lowest BCUT2D eigenvalue weighted by Gasteiger charge is -2.68. The van der Waals surface area contributed by atoms with E-state index in [0.717, 1.165) is 58.2 Å². The highest BCUT2D eigenvalue weighted by Gasteiger charge is 2.74. The third kappa shape index (κ3) is 6.87. The summed E-state index contributed by atoms with van der Waals surface area (Å²) in [5.41, 5.74) is 1.07. The number of thioether (sulfide) groups is 1. The number of fused-ring (bicyclic) bond motifs is 8. The molecule has 14 heteroatoms. The number of carbonyl (C=O) groups excluding carboxylic acids is 2. The Morgan fingerprint density at radius 3 is 2.22 bits per heavy atom. The van der Waals surface area contributed by atoms with Crippen LogP contribution in [0.25, 0.3) is 0 Å². The number of esters is 1. The summed E-state index contributed by atoms with van der Waals surface area (Å²) < 4.78 is 48.4. The fourth-order valence-electron chi connectivity index (χ4n) is 13.1. The number of amides is 1. The zero-order valence-corrected chi connectivity index (χ0v) is 39.3. The number of rotatable bonds is 9. The average Bonchev–Trinajstić information content (AvgIpc) is 3.75. The first-order chi connectivity index (χ1) is 25.5. The molecule has 3 saturated heterocycles. The van der Waals surface area contributed by atoms with Crippen molar-refractivity contribution in [3.63, 3.8) is 0 Å². The summed E-state index contributed by atoms with van der Waals surface area (Å²) in [5.74, 6) is 0.577. The summed E-state index contributed by atoms with van der Waals surface area (Å²) in [5, 5.41) is 3.38. The Morgan fingerprint density at radius 1 is 0.855 bits per heavy atom. The standard InChI is InChI=1S/C41H69NO9SSi3/c1-26-20-40(42-34(43)23-52-40)41(51-55(9,10)11)36(48-26)49-32-19-28-12-13-31-30(38(28,21-33(32)50-41)24-46-53(3,4)5)14-16-37(2)29(27-18-35(44)45-22-27)15-17-39(31,37)25-47-54(6,7)8/h18,26,28-33,36H,12-17,19-25H2,1-11H3,(H,42,43)/t26-,28+,29-,30+,31-,32-,33-,36+,37-,38-,39+,40+,41?/m1/s1. The first kappa shape index (κ1) is 41.2. The average molecular weight is 836 g/mol. The van der Waals surface area contributed by atoms with E-state index in [4.69, 9.17) is 32.2 Å². The summed E-state index contributed by atoms with van der Waals surface area (Å²) in [6, 6.07) is 0. The zero-order valence-electron chi connectivity index (χ0n) is 35.5. The number of carbonyl (C=O) groups is 2. The van der Waals surface area contributed by atoms with Gasteiger partial charge < -0.3 is 37.5 Å². The van der Waals surface area contributed by atoms with Crippen molar-refractivity contribution in [2.24, 2.45) is 39.9 Å². The molecule has 1 unspecified atom stereocenters. The third-order valence-electron chi connectivity index (χ3n) is 15.2. The van der Waals surface area contributed by atoms with Crippen molar-refractivity contribution in [2.45, 2.75) is 166 Å². The highest BCUT2D eigenvalue weighted by Crippen LogP contribution is 2.74. The quantitative estimate of drug-likeness (QED) is 0.140. The molecular weight excluding hydrogens is 767 g/mol. The van der Waals surface area contributed by atoms with Crippen molar-refractivity contribution in [3.8, 4) is 0 Å². The van der Waals surface area contributed by atoms with Gasteiger partial charge in [-0.05, 0) is 152 Å². The predicted molar refractivity (Wildman–Crippen MR) is 221 cm³/mol. The largest absolute Gasteiger partial charge is 0.458 e. The van der Waals surface area contributed by atoms with Crippen LogP contribution >= 0.6 is 11.8 Å². The highest BCUT2D eigenvalue weighted by atomic mass is 32.2. The molecule has 8 rings (SSSR count). The molecule has 4 saturated carbocycles. The van der Waals surface area contributed by atoms with Crippen LogP contribution in [0, 0.1) is 39.9 Å². The molecule has 4 aliphatic heterocycles. The van der Waals surface area contributed by atoms with Gasteiger partial charge in [-0.2, -0.15) is 0 Å². The molecule has 4 aliphatic carbocycles. The van der Waals surface area contributed by atoms with E-state index in [1.54, 1.807) is 17.8 Å². The van der Waals surface area contributed by atoms with Gasteiger partial charge in [-0.1, -0.05) is 6.92 Å². The molecule has 1 spiro atoms. The normalized spacial score (nSPS) is 46.9. The monoisotopic (exact) mass is 835 g/mol. The van der Waals surface area contributed by atoms with E-state index in [0.29, 0.717) is 42.5 Å². The van der Waals surface area contributed by atoms with Gasteiger partial charge in [0, 0.05) is 36.5 Å². The van der Waals surface area contributed by atoms with Gasteiger partial charge in [-0.25, -0.2) is 4.79 Å². The second-order valence-electron chi connectivity index (χ2n) is 21.9. The van der Waals surface area contributed by atoms with Crippen molar-refractivity contribution >= 4 is 48.6 Å². The Hall–Kier alpha value is -0.559. The summed E-state index contributed by atoms with van der Waals surface area (Å²) in [7, 11) is -6.03. The van der Waals surface area contributed by atoms with E-state index in [-0.39, 0.29) is 46.4 Å². The first-order valence-electron chi connectivity index (χ1n) is 21.3. The molecule has 0 aromatic heterocycles. The van der Waals surface area contributed by atoms with Crippen LogP contribution in [0.5, 0.6) is 0 Å². The molecule has 13 atom stereocenters. The molecule has 8 aliphatic rings. The van der Waals surface area contributed by atoms with Crippen LogP contribution in [-0.2, 0) is 41.8 Å². The van der Waals surface area contributed by atoms with Crippen molar-refractivity contribution in [3.05, 3.63) is 11.6 Å². The fourth-order valence-corrected chi connectivity index (χ4v) is 17.1. The van der Waals surface area contributed by atoms with Gasteiger partial charge in [-0.3, -0.25) is 4.79 Å². The molecule has 0 aromatic carbocycles. The maximum absolute atomic E-state index is 13.1. The van der Waals surface area contributed by atoms with Gasteiger partial charge in [0.05, 0.1) is 24.1 Å². The molecule has 7 fully saturated rings. The molecule has 1 N–H and O–H groups in total. The molecule has 0 bridgehead atoms. The lowest BCUT2D eigenvalue weighted by Crippen LogP contribution is -2.78. The minimum Gasteiger partial charge on any atom is -0.458 e. The van der Waals surface area contributed by atoms with Gasteiger partial charge in [-0.15, -0.1) is 11.8 Å². The summed E-state index contributed by atoms with van der Waals surface area (Å²) >= 11 is 1.61. The number of nitrogens with one attached hydrogen (secondary N) is 1. The van der Waals surface area contributed by atoms with E-state index in [2.05, 4.69) is 78.1 Å². The van der Waals surface area contributed by atoms with Crippen LogP contribution in [0.3, 0.4) is 0 Å². The molecule has 0 aromatic rings. The molecule has 310 valence electrons. The van der Waals surface area contributed by atoms with Gasteiger partial charge in [0.1, 0.15) is 11.5 Å². The van der Waals surface area contributed by atoms with Crippen LogP contribution in [0.2, 0.25) is 58.9 Å². The van der Waals surface area contributed by atoms with Gasteiger partial charge >= 0.3 is 5.97 Å². The second-order valence-corrected chi connectivity index (χ2v) is 36.6. The Bertz CT molecular complexity index is 1580. The van der Waals surface area contributed by atoms with Crippen molar-refractivity contribution in [1.82, 2.24) is 5.32 Å². The summed E-state index contributed by atoms with van der Waals surface area (Å²) in [6.45, 7) is 27.0. The third-order valence-corrected chi connectivity index (χ3v) is 19.6. The molecule has 55 heavy (non-hydrogen) atoms. The van der Waals surface area contributed by atoms with Gasteiger partial charge in [0.25, 0.3) is 0 Å². The van der Waals surface area contributed by atoms with Crippen LogP contribution < -0.4 is 5.32 Å². The smallest absolute Gasteiger partial charge is 0.331 e. The van der Waals surface area contributed by atoms with Gasteiger partial charge in [0.2, 0.25) is 18.0 Å². The lowest BCUT2D eigenvalue weighted by atomic mass is 9.39. The van der Waals surface area contributed by atoms with Crippen LogP contribution in [0.4, 0.5) is 0 Å². The Labute approximate surface area is 337 Å². The molecular formula is C41H69NO9SSi3. The second kappa shape index (κ2) is 13.7. The maximum Gasteiger partial charge on any atom is 0.331 e. The summed E-state index contributed by atoms with van der Waals surface area (Å²) in [4.78, 5) is 24.7. The first-order valence-corrected chi connectivity index (χ1v) is 32.5. The van der Waals surface area contributed by atoms with E-state index in [9.17, 15) is 9.59 Å². The van der Waals surface area contributed by atoms with E-state index in [1.807, 2.05) is 0 Å². The minimum absolute atomic E-state index is 0.00577. The molecule has 1 amide bonds. The number of hydrogen-bond donors (Lipinski definition) is 1. The topological polar surface area (TPSA) is 111 Å². The number of hydrogen-bond acceptors (Lipinski definition) is 10. The lowest BCUT2D eigenvalue weighted by molar-refractivity contribution is -0.442. The number of ether oxygens (including phenoxy) is 4. The SMILES string of the molecule is C[C@@H]1C[C@@]2(NC(=O)CS2)C2(O[Si](C)(C)C)O[C@@H]3C[C@@]4(CO[Si](C)(C)C)[C@@H](CC[C@@H]5[C@@H]4CC[C@]4(C)[C@@H](C6=CC(=O)OC6)CC[C@]54CO[Si](C)(C)C)C[C@H]3O[C@@H]2O1. The Balaban J connectivity index is 1.20. The Kier molecular flexibility index (Phi) is 10.3. The van der Waals surface area contributed by atoms with E-state index >= 15 is 0 Å². The van der Waals surface area contributed by atoms with Crippen molar-refractivity contribution < 1.29 is 41.8 Å². The Morgan fingerprint density at radius 2 is 1.58 bits per heavy atom. The van der Waals surface area contributed by atoms with Crippen molar-refractivity contribution in [1.29, 1.82) is 0 Å². The minimum atomic E-state index is -2.27. The fraction of sp³-hybridized carbons (Fsp3) is 0.902. The molecule has 0 radical (unpaired) electrons. The van der Waals surface area contributed by atoms with E-state index in [1.165, 1.54) is 12.0 Å². The number of cyclic esters (lactones) is 1. The predicted octanol–water partition coefficient (Wildman–Crippen LogP) is 7.82. The van der Waals surface area contributed by atoms with Crippen LogP contribution in [0.1, 0.15) is 71.6 Å².